The molecule has 7 nitrogen and oxygen atoms in total. The highest BCUT2D eigenvalue weighted by Crippen LogP contribution is 2.26. The van der Waals surface area contributed by atoms with Gasteiger partial charge in [-0.05, 0) is 25.0 Å². The van der Waals surface area contributed by atoms with E-state index in [0.29, 0.717) is 12.6 Å². The highest BCUT2D eigenvalue weighted by molar-refractivity contribution is 7.13. The van der Waals surface area contributed by atoms with Gasteiger partial charge in [-0.2, -0.15) is 0 Å². The maximum Gasteiger partial charge on any atom is 0.241 e. The number of anilines is 1. The summed E-state index contributed by atoms with van der Waals surface area (Å²) >= 11 is 1.64. The Labute approximate surface area is 143 Å². The first kappa shape index (κ1) is 15.1. The summed E-state index contributed by atoms with van der Waals surface area (Å²) in [6, 6.07) is 7.96. The van der Waals surface area contributed by atoms with E-state index in [2.05, 4.69) is 25.5 Å². The molecule has 3 aromatic rings. The number of benzene rings is 1. The number of hydrogen-bond donors (Lipinski definition) is 1. The Morgan fingerprint density at radius 2 is 2.29 bits per heavy atom. The molecule has 0 saturated carbocycles. The zero-order chi connectivity index (χ0) is 16.4. The van der Waals surface area contributed by atoms with Crippen molar-refractivity contribution in [3.8, 4) is 0 Å². The number of nitrogens with zero attached hydrogens (tertiary/aromatic N) is 5. The van der Waals surface area contributed by atoms with Gasteiger partial charge in [0.1, 0.15) is 12.1 Å². The Hall–Kier alpha value is -2.48. The summed E-state index contributed by atoms with van der Waals surface area (Å²) in [5, 5.41) is 14.2. The van der Waals surface area contributed by atoms with Gasteiger partial charge in [0.15, 0.2) is 5.13 Å². The molecule has 0 radical (unpaired) electrons. The van der Waals surface area contributed by atoms with Crippen LogP contribution < -0.4 is 10.2 Å². The van der Waals surface area contributed by atoms with E-state index in [1.807, 2.05) is 35.8 Å². The van der Waals surface area contributed by atoms with Crippen molar-refractivity contribution in [2.24, 2.45) is 0 Å². The van der Waals surface area contributed by atoms with E-state index in [1.165, 1.54) is 0 Å². The van der Waals surface area contributed by atoms with Gasteiger partial charge in [0.2, 0.25) is 5.91 Å². The number of aromatic nitrogens is 4. The smallest absolute Gasteiger partial charge is 0.241 e. The number of thiazole rings is 1. The molecule has 2 aromatic heterocycles. The van der Waals surface area contributed by atoms with E-state index in [9.17, 15) is 4.79 Å². The summed E-state index contributed by atoms with van der Waals surface area (Å²) in [6.45, 7) is 1.82. The number of rotatable bonds is 5. The molecule has 124 valence electrons. The van der Waals surface area contributed by atoms with E-state index < -0.39 is 0 Å². The number of hydrogen-bond acceptors (Lipinski definition) is 6. The average Bonchev–Trinajstić information content (AvgIpc) is 3.33. The molecule has 1 fully saturated rings. The van der Waals surface area contributed by atoms with Gasteiger partial charge in [-0.15, -0.1) is 16.4 Å². The van der Waals surface area contributed by atoms with Crippen molar-refractivity contribution in [1.82, 2.24) is 25.3 Å². The highest BCUT2D eigenvalue weighted by atomic mass is 32.1. The quantitative estimate of drug-likeness (QED) is 0.763. The summed E-state index contributed by atoms with van der Waals surface area (Å²) in [5.41, 5.74) is 1.67. The minimum Gasteiger partial charge on any atom is -0.352 e. The third-order valence-corrected chi connectivity index (χ3v) is 5.10. The highest BCUT2D eigenvalue weighted by Gasteiger charge is 2.26. The molecule has 0 bridgehead atoms. The van der Waals surface area contributed by atoms with Gasteiger partial charge in [0.05, 0.1) is 5.52 Å². The molecule has 1 aliphatic heterocycles. The number of fused-ring (bicyclic) bond motifs is 1. The normalized spacial score (nSPS) is 17.5. The Morgan fingerprint density at radius 3 is 3.17 bits per heavy atom. The van der Waals surface area contributed by atoms with Crippen molar-refractivity contribution in [2.75, 3.05) is 18.0 Å². The van der Waals surface area contributed by atoms with Crippen LogP contribution in [0.3, 0.4) is 0 Å². The molecule has 0 aliphatic carbocycles. The summed E-state index contributed by atoms with van der Waals surface area (Å²) < 4.78 is 1.64. The number of para-hydroxylation sites is 1. The van der Waals surface area contributed by atoms with Gasteiger partial charge < -0.3 is 10.2 Å². The van der Waals surface area contributed by atoms with Crippen LogP contribution in [-0.4, -0.2) is 45.0 Å². The second kappa shape index (κ2) is 6.56. The summed E-state index contributed by atoms with van der Waals surface area (Å²) in [7, 11) is 0. The maximum absolute atomic E-state index is 12.3. The zero-order valence-electron chi connectivity index (χ0n) is 13.1. The molecule has 1 N–H and O–H groups in total. The van der Waals surface area contributed by atoms with Crippen molar-refractivity contribution in [3.63, 3.8) is 0 Å². The van der Waals surface area contributed by atoms with Crippen LogP contribution >= 0.6 is 11.3 Å². The Morgan fingerprint density at radius 1 is 1.38 bits per heavy atom. The lowest BCUT2D eigenvalue weighted by atomic mass is 10.2. The Balaban J connectivity index is 1.36. The van der Waals surface area contributed by atoms with Crippen LogP contribution in [0.1, 0.15) is 12.8 Å². The fraction of sp³-hybridized carbons (Fsp3) is 0.375. The summed E-state index contributed by atoms with van der Waals surface area (Å²) in [5.74, 6) is -0.0448. The van der Waals surface area contributed by atoms with Crippen molar-refractivity contribution >= 4 is 33.4 Å². The third kappa shape index (κ3) is 2.96. The number of carbonyl (C=O) groups excluding carboxylic acids is 1. The predicted octanol–water partition coefficient (Wildman–Crippen LogP) is 1.67. The molecule has 3 heterocycles. The first-order valence-corrected chi connectivity index (χ1v) is 8.90. The largest absolute Gasteiger partial charge is 0.352 e. The molecule has 8 heteroatoms. The van der Waals surface area contributed by atoms with Crippen LogP contribution in [0.5, 0.6) is 0 Å². The Bertz CT molecular complexity index is 830. The van der Waals surface area contributed by atoms with E-state index >= 15 is 0 Å². The molecule has 1 saturated heterocycles. The van der Waals surface area contributed by atoms with Gasteiger partial charge in [0, 0.05) is 30.7 Å². The number of amides is 1. The molecule has 1 aromatic carbocycles. The third-order valence-electron chi connectivity index (χ3n) is 4.29. The molecule has 1 amide bonds. The first-order chi connectivity index (χ1) is 11.8. The summed E-state index contributed by atoms with van der Waals surface area (Å²) in [4.78, 5) is 18.9. The van der Waals surface area contributed by atoms with E-state index in [1.54, 1.807) is 16.0 Å². The lowest BCUT2D eigenvalue weighted by molar-refractivity contribution is -0.121. The van der Waals surface area contributed by atoms with Crippen LogP contribution in [0.2, 0.25) is 0 Å². The van der Waals surface area contributed by atoms with Gasteiger partial charge in [-0.3, -0.25) is 4.79 Å². The zero-order valence-corrected chi connectivity index (χ0v) is 13.9. The molecule has 0 spiro atoms. The van der Waals surface area contributed by atoms with Crippen molar-refractivity contribution in [1.29, 1.82) is 0 Å². The van der Waals surface area contributed by atoms with E-state index in [0.717, 1.165) is 35.6 Å². The van der Waals surface area contributed by atoms with Gasteiger partial charge >= 0.3 is 0 Å². The SMILES string of the molecule is O=C(Cn1nnc2ccccc21)NC[C@H]1CCCN1c1nccs1. The van der Waals surface area contributed by atoms with Gasteiger partial charge in [-0.25, -0.2) is 9.67 Å². The number of carbonyl (C=O) groups is 1. The van der Waals surface area contributed by atoms with Crippen molar-refractivity contribution in [2.45, 2.75) is 25.4 Å². The first-order valence-electron chi connectivity index (χ1n) is 8.02. The molecule has 1 aliphatic rings. The van der Waals surface area contributed by atoms with Gasteiger partial charge in [-0.1, -0.05) is 17.3 Å². The lowest BCUT2D eigenvalue weighted by Crippen LogP contribution is -2.41. The average molecular weight is 342 g/mol. The minimum atomic E-state index is -0.0448. The summed E-state index contributed by atoms with van der Waals surface area (Å²) in [6.07, 6.45) is 4.03. The van der Waals surface area contributed by atoms with Crippen LogP contribution in [-0.2, 0) is 11.3 Å². The lowest BCUT2D eigenvalue weighted by Gasteiger charge is -2.24. The molecule has 24 heavy (non-hydrogen) atoms. The fourth-order valence-corrected chi connectivity index (χ4v) is 3.86. The van der Waals surface area contributed by atoms with E-state index in [4.69, 9.17) is 0 Å². The second-order valence-corrected chi connectivity index (χ2v) is 6.72. The monoisotopic (exact) mass is 342 g/mol. The predicted molar refractivity (Wildman–Crippen MR) is 93.0 cm³/mol. The van der Waals surface area contributed by atoms with Crippen molar-refractivity contribution < 1.29 is 4.79 Å². The minimum absolute atomic E-state index is 0.0448. The second-order valence-electron chi connectivity index (χ2n) is 5.84. The molecular weight excluding hydrogens is 324 g/mol. The van der Waals surface area contributed by atoms with Crippen LogP contribution in [0.25, 0.3) is 11.0 Å². The van der Waals surface area contributed by atoms with E-state index in [-0.39, 0.29) is 12.5 Å². The maximum atomic E-state index is 12.3. The molecule has 4 rings (SSSR count). The number of nitrogens with one attached hydrogen (secondary N) is 1. The molecular formula is C16H18N6OS. The fourth-order valence-electron chi connectivity index (χ4n) is 3.12. The van der Waals surface area contributed by atoms with Crippen molar-refractivity contribution in [3.05, 3.63) is 35.8 Å². The standard InChI is InChI=1S/C16H18N6OS/c23-15(11-22-14-6-2-1-5-13(14)19-20-22)18-10-12-4-3-8-21(12)16-17-7-9-24-16/h1-2,5-7,9,12H,3-4,8,10-11H2,(H,18,23)/t12-/m1/s1. The Kier molecular flexibility index (Phi) is 4.12. The van der Waals surface area contributed by atoms with Gasteiger partial charge in [0.25, 0.3) is 0 Å². The molecule has 0 unspecified atom stereocenters. The topological polar surface area (TPSA) is 75.9 Å². The van der Waals surface area contributed by atoms with Crippen LogP contribution in [0.4, 0.5) is 5.13 Å². The van der Waals surface area contributed by atoms with Crippen LogP contribution in [0, 0.1) is 0 Å². The molecule has 1 atom stereocenters. The van der Waals surface area contributed by atoms with Crippen LogP contribution in [0.15, 0.2) is 35.8 Å².